The minimum absolute atomic E-state index is 0.0515. The molecule has 0 bridgehead atoms. The van der Waals surface area contributed by atoms with Crippen LogP contribution in [0.15, 0.2) is 23.4 Å². The van der Waals surface area contributed by atoms with Crippen LogP contribution in [-0.2, 0) is 12.3 Å². The third-order valence-electron chi connectivity index (χ3n) is 2.18. The van der Waals surface area contributed by atoms with Crippen LogP contribution in [0, 0.1) is 5.82 Å². The first kappa shape index (κ1) is 13.3. The molecule has 8 heteroatoms. The van der Waals surface area contributed by atoms with E-state index >= 15 is 0 Å². The Bertz CT molecular complexity index is 536. The minimum atomic E-state index is -0.312. The molecule has 0 spiro atoms. The second-order valence-electron chi connectivity index (χ2n) is 3.43. The highest BCUT2D eigenvalue weighted by Crippen LogP contribution is 2.23. The Morgan fingerprint density at radius 1 is 1.44 bits per heavy atom. The van der Waals surface area contributed by atoms with Gasteiger partial charge in [-0.2, -0.15) is 0 Å². The molecular weight excluding hydrogens is 279 g/mol. The van der Waals surface area contributed by atoms with Crippen molar-refractivity contribution in [3.8, 4) is 0 Å². The normalized spacial score (nSPS) is 10.8. The number of nitrogens with zero attached hydrogens (tertiary/aromatic N) is 4. The maximum Gasteiger partial charge on any atom is 0.209 e. The van der Waals surface area contributed by atoms with Crippen molar-refractivity contribution in [3.05, 3.63) is 34.6 Å². The van der Waals surface area contributed by atoms with Gasteiger partial charge in [0.1, 0.15) is 5.82 Å². The summed E-state index contributed by atoms with van der Waals surface area (Å²) < 4.78 is 14.9. The van der Waals surface area contributed by atoms with Gasteiger partial charge in [0.25, 0.3) is 0 Å². The van der Waals surface area contributed by atoms with Gasteiger partial charge in [0.15, 0.2) is 0 Å². The maximum atomic E-state index is 13.5. The summed E-state index contributed by atoms with van der Waals surface area (Å²) in [6.07, 6.45) is 0. The number of aliphatic hydroxyl groups is 1. The van der Waals surface area contributed by atoms with Gasteiger partial charge < -0.3 is 5.11 Å². The second kappa shape index (κ2) is 6.12. The predicted molar refractivity (Wildman–Crippen MR) is 65.9 cm³/mol. The largest absolute Gasteiger partial charge is 0.394 e. The van der Waals surface area contributed by atoms with Crippen LogP contribution in [0.4, 0.5) is 4.39 Å². The molecule has 0 radical (unpaired) electrons. The van der Waals surface area contributed by atoms with Crippen molar-refractivity contribution in [2.24, 2.45) is 0 Å². The summed E-state index contributed by atoms with van der Waals surface area (Å²) in [7, 11) is 0. The standard InChI is InChI=1S/C10H10ClFN4OS/c11-8-1-2-9(12)7(5-8)6-18-10-13-14-15-16(10)3-4-17/h1-2,5,17H,3-4,6H2. The molecule has 0 fully saturated rings. The van der Waals surface area contributed by atoms with E-state index in [1.165, 1.54) is 28.6 Å². The second-order valence-corrected chi connectivity index (χ2v) is 4.81. The van der Waals surface area contributed by atoms with Gasteiger partial charge in [-0.25, -0.2) is 9.07 Å². The fourth-order valence-corrected chi connectivity index (χ4v) is 2.40. The van der Waals surface area contributed by atoms with E-state index in [2.05, 4.69) is 15.5 Å². The van der Waals surface area contributed by atoms with E-state index in [0.717, 1.165) is 0 Å². The van der Waals surface area contributed by atoms with Crippen LogP contribution in [0.2, 0.25) is 5.02 Å². The van der Waals surface area contributed by atoms with Gasteiger partial charge in [-0.1, -0.05) is 23.4 Å². The third kappa shape index (κ3) is 3.18. The van der Waals surface area contributed by atoms with Crippen LogP contribution in [0.5, 0.6) is 0 Å². The van der Waals surface area contributed by atoms with Crippen LogP contribution in [0.3, 0.4) is 0 Å². The Labute approximate surface area is 112 Å². The summed E-state index contributed by atoms with van der Waals surface area (Å²) in [5.74, 6) is 0.0612. The smallest absolute Gasteiger partial charge is 0.209 e. The highest BCUT2D eigenvalue weighted by Gasteiger charge is 2.09. The number of hydrogen-bond acceptors (Lipinski definition) is 5. The Kier molecular flexibility index (Phi) is 4.51. The average molecular weight is 289 g/mol. The number of aromatic nitrogens is 4. The molecule has 2 rings (SSSR count). The summed E-state index contributed by atoms with van der Waals surface area (Å²) in [5.41, 5.74) is 0.492. The maximum absolute atomic E-state index is 13.5. The lowest BCUT2D eigenvalue weighted by Gasteiger charge is -2.04. The van der Waals surface area contributed by atoms with Crippen molar-refractivity contribution in [1.82, 2.24) is 20.2 Å². The van der Waals surface area contributed by atoms with Crippen molar-refractivity contribution in [1.29, 1.82) is 0 Å². The van der Waals surface area contributed by atoms with Gasteiger partial charge in [0, 0.05) is 10.8 Å². The van der Waals surface area contributed by atoms with Gasteiger partial charge in [-0.15, -0.1) is 5.10 Å². The van der Waals surface area contributed by atoms with Crippen molar-refractivity contribution < 1.29 is 9.50 Å². The number of hydrogen-bond donors (Lipinski definition) is 1. The number of thioether (sulfide) groups is 1. The molecule has 0 saturated heterocycles. The molecule has 18 heavy (non-hydrogen) atoms. The molecule has 5 nitrogen and oxygen atoms in total. The first-order valence-electron chi connectivity index (χ1n) is 5.14. The molecule has 1 N–H and O–H groups in total. The van der Waals surface area contributed by atoms with E-state index in [1.807, 2.05) is 0 Å². The molecular formula is C10H10ClFN4OS. The van der Waals surface area contributed by atoms with E-state index in [0.29, 0.717) is 28.0 Å². The van der Waals surface area contributed by atoms with Crippen LogP contribution < -0.4 is 0 Å². The minimum Gasteiger partial charge on any atom is -0.394 e. The quantitative estimate of drug-likeness (QED) is 0.849. The average Bonchev–Trinajstić information content (AvgIpc) is 2.78. The van der Waals surface area contributed by atoms with Gasteiger partial charge in [-0.3, -0.25) is 0 Å². The highest BCUT2D eigenvalue weighted by molar-refractivity contribution is 7.98. The Balaban J connectivity index is 2.06. The van der Waals surface area contributed by atoms with E-state index in [4.69, 9.17) is 16.7 Å². The number of tetrazole rings is 1. The van der Waals surface area contributed by atoms with Crippen LogP contribution in [-0.4, -0.2) is 31.9 Å². The molecule has 0 aliphatic heterocycles. The zero-order valence-electron chi connectivity index (χ0n) is 9.25. The molecule has 0 aliphatic carbocycles. The van der Waals surface area contributed by atoms with E-state index < -0.39 is 0 Å². The topological polar surface area (TPSA) is 63.8 Å². The van der Waals surface area contributed by atoms with E-state index in [-0.39, 0.29) is 12.4 Å². The summed E-state index contributed by atoms with van der Waals surface area (Å²) in [5, 5.41) is 20.9. The van der Waals surface area contributed by atoms with Crippen molar-refractivity contribution >= 4 is 23.4 Å². The van der Waals surface area contributed by atoms with Gasteiger partial charge in [0.2, 0.25) is 5.16 Å². The van der Waals surface area contributed by atoms with Gasteiger partial charge >= 0.3 is 0 Å². The van der Waals surface area contributed by atoms with Gasteiger partial charge in [0.05, 0.1) is 13.2 Å². The lowest BCUT2D eigenvalue weighted by atomic mass is 10.2. The lowest BCUT2D eigenvalue weighted by molar-refractivity contribution is 0.262. The monoisotopic (exact) mass is 288 g/mol. The van der Waals surface area contributed by atoms with Crippen LogP contribution in [0.1, 0.15) is 5.56 Å². The molecule has 1 aromatic carbocycles. The third-order valence-corrected chi connectivity index (χ3v) is 3.42. The fraction of sp³-hybridized carbons (Fsp3) is 0.300. The molecule has 2 aromatic rings. The van der Waals surface area contributed by atoms with Crippen molar-refractivity contribution in [3.63, 3.8) is 0 Å². The lowest BCUT2D eigenvalue weighted by Crippen LogP contribution is -2.05. The van der Waals surface area contributed by atoms with E-state index in [1.54, 1.807) is 6.07 Å². The van der Waals surface area contributed by atoms with Crippen LogP contribution >= 0.6 is 23.4 Å². The molecule has 0 saturated carbocycles. The molecule has 0 atom stereocenters. The van der Waals surface area contributed by atoms with Gasteiger partial charge in [-0.05, 0) is 34.2 Å². The zero-order chi connectivity index (χ0) is 13.0. The SMILES string of the molecule is OCCn1nnnc1SCc1cc(Cl)ccc1F. The van der Waals surface area contributed by atoms with Crippen molar-refractivity contribution in [2.75, 3.05) is 6.61 Å². The Morgan fingerprint density at radius 3 is 3.06 bits per heavy atom. The first-order valence-corrected chi connectivity index (χ1v) is 6.51. The Morgan fingerprint density at radius 2 is 2.28 bits per heavy atom. The fourth-order valence-electron chi connectivity index (χ4n) is 1.33. The Hall–Kier alpha value is -1.18. The zero-order valence-corrected chi connectivity index (χ0v) is 10.8. The number of rotatable bonds is 5. The molecule has 0 aliphatic rings. The predicted octanol–water partition coefficient (Wildman–Crippen LogP) is 1.75. The summed E-state index contributed by atoms with van der Waals surface area (Å²) in [4.78, 5) is 0. The number of halogens is 2. The molecule has 1 heterocycles. The highest BCUT2D eigenvalue weighted by atomic mass is 35.5. The summed E-state index contributed by atoms with van der Waals surface area (Å²) in [6, 6.07) is 4.40. The van der Waals surface area contributed by atoms with Crippen LogP contribution in [0.25, 0.3) is 0 Å². The summed E-state index contributed by atoms with van der Waals surface area (Å²) >= 11 is 7.09. The molecule has 0 unspecified atom stereocenters. The molecule has 1 aromatic heterocycles. The number of aliphatic hydroxyl groups excluding tert-OH is 1. The number of benzene rings is 1. The van der Waals surface area contributed by atoms with Crippen molar-refractivity contribution in [2.45, 2.75) is 17.5 Å². The molecule has 0 amide bonds. The summed E-state index contributed by atoms with van der Waals surface area (Å²) in [6.45, 7) is 0.261. The van der Waals surface area contributed by atoms with E-state index in [9.17, 15) is 4.39 Å². The first-order chi connectivity index (χ1) is 8.70. The molecule has 96 valence electrons.